The van der Waals surface area contributed by atoms with Crippen LogP contribution in [0.4, 0.5) is 0 Å². The van der Waals surface area contributed by atoms with Crippen LogP contribution in [0, 0.1) is 0 Å². The first kappa shape index (κ1) is 18.5. The van der Waals surface area contributed by atoms with Crippen LogP contribution in [-0.4, -0.2) is 33.3 Å². The van der Waals surface area contributed by atoms with Crippen molar-refractivity contribution < 1.29 is 13.2 Å². The van der Waals surface area contributed by atoms with Gasteiger partial charge in [0, 0.05) is 28.3 Å². The second-order valence-corrected chi connectivity index (χ2v) is 8.87. The molecule has 0 bridgehead atoms. The van der Waals surface area contributed by atoms with E-state index in [1.54, 1.807) is 42.5 Å². The van der Waals surface area contributed by atoms with Crippen LogP contribution in [0.1, 0.15) is 36.8 Å². The monoisotopic (exact) mass is 404 g/mol. The zero-order valence-corrected chi connectivity index (χ0v) is 16.4. The number of ether oxygens (including phenoxy) is 1. The van der Waals surface area contributed by atoms with Gasteiger partial charge in [-0.05, 0) is 56.5 Å². The van der Waals surface area contributed by atoms with E-state index in [-0.39, 0.29) is 4.90 Å². The van der Waals surface area contributed by atoms with Gasteiger partial charge in [0.1, 0.15) is 10.6 Å². The Labute approximate surface area is 164 Å². The smallest absolute Gasteiger partial charge is 0.283 e. The molecular weight excluding hydrogens is 384 g/mol. The number of halogens is 1. The molecule has 0 aromatic heterocycles. The summed E-state index contributed by atoms with van der Waals surface area (Å²) >= 11 is 5.92. The maximum absolute atomic E-state index is 12.5. The summed E-state index contributed by atoms with van der Waals surface area (Å²) < 4.78 is 34.7. The normalized spacial score (nSPS) is 19.9. The molecule has 0 aliphatic carbocycles. The minimum Gasteiger partial charge on any atom is -0.494 e. The molecule has 2 aliphatic heterocycles. The Morgan fingerprint density at radius 3 is 2.63 bits per heavy atom. The van der Waals surface area contributed by atoms with Crippen molar-refractivity contribution in [2.24, 2.45) is 4.40 Å². The van der Waals surface area contributed by atoms with Crippen LogP contribution in [-0.2, 0) is 10.0 Å². The second-order valence-electron chi connectivity index (χ2n) is 6.86. The van der Waals surface area contributed by atoms with E-state index in [0.29, 0.717) is 34.7 Å². The first-order chi connectivity index (χ1) is 13.0. The van der Waals surface area contributed by atoms with Crippen molar-refractivity contribution in [1.82, 2.24) is 5.32 Å². The summed E-state index contributed by atoms with van der Waals surface area (Å²) in [5, 5.41) is 3.98. The molecule has 1 saturated heterocycles. The lowest BCUT2D eigenvalue weighted by atomic mass is 10.0. The molecule has 2 aromatic rings. The molecule has 4 rings (SSSR count). The number of nitrogens with zero attached hydrogens (tertiary/aromatic N) is 1. The highest BCUT2D eigenvalue weighted by Crippen LogP contribution is 2.32. The first-order valence-electron chi connectivity index (χ1n) is 9.14. The Morgan fingerprint density at radius 2 is 1.93 bits per heavy atom. The average Bonchev–Trinajstić information content (AvgIpc) is 2.88. The van der Waals surface area contributed by atoms with Gasteiger partial charge >= 0.3 is 0 Å². The molecule has 2 aliphatic rings. The summed E-state index contributed by atoms with van der Waals surface area (Å²) in [6.45, 7) is 1.71. The van der Waals surface area contributed by atoms with E-state index >= 15 is 0 Å². The van der Waals surface area contributed by atoms with Crippen LogP contribution in [0.2, 0.25) is 5.02 Å². The number of fused-ring (bicyclic) bond motifs is 1. The van der Waals surface area contributed by atoms with Crippen molar-refractivity contribution in [1.29, 1.82) is 0 Å². The molecule has 0 amide bonds. The van der Waals surface area contributed by atoms with Gasteiger partial charge in [-0.3, -0.25) is 0 Å². The molecule has 1 N–H and O–H groups in total. The van der Waals surface area contributed by atoms with E-state index in [2.05, 4.69) is 9.71 Å². The van der Waals surface area contributed by atoms with Crippen molar-refractivity contribution in [2.75, 3.05) is 13.2 Å². The molecule has 5 nitrogen and oxygen atoms in total. The van der Waals surface area contributed by atoms with Crippen LogP contribution in [0.25, 0.3) is 0 Å². The van der Waals surface area contributed by atoms with Gasteiger partial charge in [-0.2, -0.15) is 12.8 Å². The fourth-order valence-corrected chi connectivity index (χ4v) is 4.69. The van der Waals surface area contributed by atoms with E-state index in [4.69, 9.17) is 16.3 Å². The van der Waals surface area contributed by atoms with Gasteiger partial charge in [0.15, 0.2) is 0 Å². The van der Waals surface area contributed by atoms with Crippen molar-refractivity contribution in [3.05, 3.63) is 58.6 Å². The number of benzene rings is 2. The SMILES string of the molecule is O=S1(=O)N=C(c2ccc(Cl)cc2)c2ccc(OCCCCC3CCN3)cc21. The Bertz CT molecular complexity index is 967. The summed E-state index contributed by atoms with van der Waals surface area (Å²) in [6.07, 6.45) is 4.49. The molecule has 1 unspecified atom stereocenters. The Kier molecular flexibility index (Phi) is 5.21. The van der Waals surface area contributed by atoms with Crippen LogP contribution >= 0.6 is 11.6 Å². The van der Waals surface area contributed by atoms with Gasteiger partial charge in [-0.15, -0.1) is 0 Å². The number of nitrogens with one attached hydrogen (secondary N) is 1. The molecular formula is C20H21ClN2O3S. The molecule has 27 heavy (non-hydrogen) atoms. The topological polar surface area (TPSA) is 67.8 Å². The zero-order chi connectivity index (χ0) is 18.9. The maximum Gasteiger partial charge on any atom is 0.283 e. The number of rotatable bonds is 7. The van der Waals surface area contributed by atoms with Crippen molar-refractivity contribution in [3.63, 3.8) is 0 Å². The van der Waals surface area contributed by atoms with Crippen molar-refractivity contribution >= 4 is 27.3 Å². The van der Waals surface area contributed by atoms with Crippen molar-refractivity contribution in [2.45, 2.75) is 36.6 Å². The van der Waals surface area contributed by atoms with E-state index in [9.17, 15) is 8.42 Å². The van der Waals surface area contributed by atoms with Crippen LogP contribution in [0.5, 0.6) is 5.75 Å². The molecule has 0 spiro atoms. The number of unbranched alkanes of at least 4 members (excludes halogenated alkanes) is 1. The van der Waals surface area contributed by atoms with E-state index < -0.39 is 10.0 Å². The highest BCUT2D eigenvalue weighted by Gasteiger charge is 2.30. The molecule has 2 aromatic carbocycles. The van der Waals surface area contributed by atoms with Crippen LogP contribution in [0.3, 0.4) is 0 Å². The minimum absolute atomic E-state index is 0.198. The summed E-state index contributed by atoms with van der Waals surface area (Å²) in [6, 6.07) is 12.8. The lowest BCUT2D eigenvalue weighted by Gasteiger charge is -2.27. The van der Waals surface area contributed by atoms with E-state index in [1.807, 2.05) is 0 Å². The zero-order valence-electron chi connectivity index (χ0n) is 14.8. The highest BCUT2D eigenvalue weighted by molar-refractivity contribution is 7.90. The Balaban J connectivity index is 1.44. The van der Waals surface area contributed by atoms with Gasteiger partial charge in [0.2, 0.25) is 0 Å². The quantitative estimate of drug-likeness (QED) is 0.713. The number of hydrogen-bond donors (Lipinski definition) is 1. The predicted octanol–water partition coefficient (Wildman–Crippen LogP) is 3.79. The molecule has 142 valence electrons. The molecule has 0 saturated carbocycles. The van der Waals surface area contributed by atoms with Gasteiger partial charge in [0.05, 0.1) is 12.3 Å². The van der Waals surface area contributed by atoms with Crippen molar-refractivity contribution in [3.8, 4) is 5.75 Å². The molecule has 2 heterocycles. The molecule has 1 fully saturated rings. The third-order valence-corrected chi connectivity index (χ3v) is 6.53. The van der Waals surface area contributed by atoms with Gasteiger partial charge in [-0.25, -0.2) is 0 Å². The second kappa shape index (κ2) is 7.62. The predicted molar refractivity (Wildman–Crippen MR) is 106 cm³/mol. The fraction of sp³-hybridized carbons (Fsp3) is 0.350. The number of sulfonamides is 1. The maximum atomic E-state index is 12.5. The van der Waals surface area contributed by atoms with Gasteiger partial charge < -0.3 is 10.1 Å². The average molecular weight is 405 g/mol. The molecule has 7 heteroatoms. The summed E-state index contributed by atoms with van der Waals surface area (Å²) in [7, 11) is -3.71. The van der Waals surface area contributed by atoms with Crippen LogP contribution in [0.15, 0.2) is 51.8 Å². The molecule has 0 radical (unpaired) electrons. The van der Waals surface area contributed by atoms with Gasteiger partial charge in [-0.1, -0.05) is 23.7 Å². The highest BCUT2D eigenvalue weighted by atomic mass is 35.5. The Morgan fingerprint density at radius 1 is 1.15 bits per heavy atom. The third-order valence-electron chi connectivity index (χ3n) is 4.96. The molecule has 1 atom stereocenters. The van der Waals surface area contributed by atoms with E-state index in [0.717, 1.165) is 24.9 Å². The third kappa shape index (κ3) is 4.03. The lowest BCUT2D eigenvalue weighted by Crippen LogP contribution is -2.42. The van der Waals surface area contributed by atoms with Crippen LogP contribution < -0.4 is 10.1 Å². The minimum atomic E-state index is -3.71. The first-order valence-corrected chi connectivity index (χ1v) is 11.0. The summed E-state index contributed by atoms with van der Waals surface area (Å²) in [5.41, 5.74) is 1.77. The van der Waals surface area contributed by atoms with Gasteiger partial charge in [0.25, 0.3) is 10.0 Å². The van der Waals surface area contributed by atoms with E-state index in [1.165, 1.54) is 12.8 Å². The number of hydrogen-bond acceptors (Lipinski definition) is 4. The summed E-state index contributed by atoms with van der Waals surface area (Å²) in [4.78, 5) is 0.198. The fourth-order valence-electron chi connectivity index (χ4n) is 3.31. The standard InChI is InChI=1S/C20H21ClN2O3S/c21-15-6-4-14(5-7-15)20-18-9-8-17(13-19(18)27(24,25)23-20)26-12-2-1-3-16-10-11-22-16/h4-9,13,16,22H,1-3,10-12H2. The Hall–Kier alpha value is -1.89. The summed E-state index contributed by atoms with van der Waals surface area (Å²) in [5.74, 6) is 0.562. The largest absolute Gasteiger partial charge is 0.494 e. The lowest BCUT2D eigenvalue weighted by molar-refractivity contribution is 0.287.